The highest BCUT2D eigenvalue weighted by molar-refractivity contribution is 5.89. The van der Waals surface area contributed by atoms with Gasteiger partial charge in [-0.15, -0.1) is 0 Å². The van der Waals surface area contributed by atoms with E-state index in [4.69, 9.17) is 9.47 Å². The molecule has 0 N–H and O–H groups in total. The van der Waals surface area contributed by atoms with Gasteiger partial charge in [0.2, 0.25) is 0 Å². The minimum absolute atomic E-state index is 0.299. The second-order valence-electron chi connectivity index (χ2n) is 6.14. The van der Waals surface area contributed by atoms with Gasteiger partial charge in [0.15, 0.2) is 0 Å². The molecule has 0 aromatic heterocycles. The van der Waals surface area contributed by atoms with Crippen molar-refractivity contribution in [3.63, 3.8) is 0 Å². The molecular weight excluding hydrogens is 302 g/mol. The first kappa shape index (κ1) is 16.5. The van der Waals surface area contributed by atoms with E-state index in [1.807, 2.05) is 24.3 Å². The summed E-state index contributed by atoms with van der Waals surface area (Å²) in [6.45, 7) is 3.38. The number of methoxy groups -OCH3 is 1. The molecule has 0 radical (unpaired) electrons. The van der Waals surface area contributed by atoms with E-state index < -0.39 is 0 Å². The van der Waals surface area contributed by atoms with Crippen LogP contribution in [0.15, 0.2) is 54.6 Å². The first-order valence-corrected chi connectivity index (χ1v) is 8.31. The van der Waals surface area contributed by atoms with Crippen LogP contribution >= 0.6 is 0 Å². The van der Waals surface area contributed by atoms with E-state index in [-0.39, 0.29) is 5.97 Å². The summed E-state index contributed by atoms with van der Waals surface area (Å²) in [6, 6.07) is 18.0. The summed E-state index contributed by atoms with van der Waals surface area (Å²) >= 11 is 0. The van der Waals surface area contributed by atoms with Crippen LogP contribution in [0, 0.1) is 5.92 Å². The van der Waals surface area contributed by atoms with Crippen LogP contribution < -0.4 is 4.90 Å². The molecule has 4 nitrogen and oxygen atoms in total. The molecule has 0 bridgehead atoms. The zero-order valence-corrected chi connectivity index (χ0v) is 14.0. The Balaban J connectivity index is 1.79. The number of anilines is 1. The van der Waals surface area contributed by atoms with Crippen LogP contribution in [0.5, 0.6) is 0 Å². The largest absolute Gasteiger partial charge is 0.465 e. The normalized spacial score (nSPS) is 16.8. The Kier molecular flexibility index (Phi) is 5.49. The summed E-state index contributed by atoms with van der Waals surface area (Å²) < 4.78 is 10.3. The predicted molar refractivity (Wildman–Crippen MR) is 94.2 cm³/mol. The Hall–Kier alpha value is -2.33. The number of rotatable bonds is 6. The van der Waals surface area contributed by atoms with Crippen LogP contribution in [0.25, 0.3) is 0 Å². The molecular formula is C20H23NO3. The van der Waals surface area contributed by atoms with Crippen molar-refractivity contribution in [1.82, 2.24) is 0 Å². The predicted octanol–water partition coefficient (Wildman–Crippen LogP) is 3.52. The highest BCUT2D eigenvalue weighted by atomic mass is 16.5. The molecule has 1 aliphatic rings. The second kappa shape index (κ2) is 7.97. The third-order valence-corrected chi connectivity index (χ3v) is 4.35. The maximum atomic E-state index is 11.7. The van der Waals surface area contributed by atoms with Gasteiger partial charge in [0, 0.05) is 31.3 Å². The van der Waals surface area contributed by atoms with Crippen molar-refractivity contribution >= 4 is 11.7 Å². The molecule has 1 heterocycles. The fourth-order valence-electron chi connectivity index (χ4n) is 3.07. The molecule has 1 saturated heterocycles. The molecule has 0 saturated carbocycles. The number of hydrogen-bond acceptors (Lipinski definition) is 4. The molecule has 4 heteroatoms. The summed E-state index contributed by atoms with van der Waals surface area (Å²) in [6.07, 6.45) is 1.10. The van der Waals surface area contributed by atoms with Crippen molar-refractivity contribution in [2.75, 3.05) is 31.8 Å². The minimum Gasteiger partial charge on any atom is -0.465 e. The van der Waals surface area contributed by atoms with Crippen molar-refractivity contribution in [1.29, 1.82) is 0 Å². The Labute approximate surface area is 143 Å². The van der Waals surface area contributed by atoms with Gasteiger partial charge in [0.1, 0.15) is 0 Å². The summed E-state index contributed by atoms with van der Waals surface area (Å²) in [5.41, 5.74) is 2.88. The van der Waals surface area contributed by atoms with Gasteiger partial charge in [-0.1, -0.05) is 30.3 Å². The van der Waals surface area contributed by atoms with Crippen molar-refractivity contribution < 1.29 is 14.3 Å². The molecule has 24 heavy (non-hydrogen) atoms. The molecule has 126 valence electrons. The molecule has 2 aromatic rings. The maximum Gasteiger partial charge on any atom is 0.337 e. The van der Waals surface area contributed by atoms with E-state index >= 15 is 0 Å². The Bertz CT molecular complexity index is 666. The third kappa shape index (κ3) is 4.15. The fraction of sp³-hybridized carbons (Fsp3) is 0.350. The summed E-state index contributed by atoms with van der Waals surface area (Å²) in [4.78, 5) is 14.1. The van der Waals surface area contributed by atoms with Crippen molar-refractivity contribution in [2.24, 2.45) is 5.92 Å². The number of esters is 1. The lowest BCUT2D eigenvalue weighted by Gasteiger charge is -2.27. The van der Waals surface area contributed by atoms with Gasteiger partial charge >= 0.3 is 5.97 Å². The number of benzene rings is 2. The van der Waals surface area contributed by atoms with Crippen LogP contribution in [-0.4, -0.2) is 32.8 Å². The van der Waals surface area contributed by atoms with E-state index in [0.717, 1.165) is 38.3 Å². The lowest BCUT2D eigenvalue weighted by atomic mass is 10.1. The zero-order chi connectivity index (χ0) is 16.8. The molecule has 0 aliphatic carbocycles. The van der Waals surface area contributed by atoms with Crippen LogP contribution in [0.4, 0.5) is 5.69 Å². The molecule has 1 fully saturated rings. The van der Waals surface area contributed by atoms with E-state index in [2.05, 4.69) is 29.2 Å². The van der Waals surface area contributed by atoms with E-state index in [0.29, 0.717) is 11.5 Å². The van der Waals surface area contributed by atoms with Crippen molar-refractivity contribution in [3.05, 3.63) is 65.7 Å². The summed E-state index contributed by atoms with van der Waals surface area (Å²) in [5.74, 6) is 0.251. The average Bonchev–Trinajstić information content (AvgIpc) is 3.14. The van der Waals surface area contributed by atoms with Gasteiger partial charge in [-0.25, -0.2) is 4.79 Å². The van der Waals surface area contributed by atoms with Gasteiger partial charge in [-0.3, -0.25) is 0 Å². The minimum atomic E-state index is -0.299. The van der Waals surface area contributed by atoms with E-state index in [9.17, 15) is 4.79 Å². The van der Waals surface area contributed by atoms with Gasteiger partial charge in [0.05, 0.1) is 19.3 Å². The summed E-state index contributed by atoms with van der Waals surface area (Å²) in [7, 11) is 1.41. The molecule has 0 unspecified atom stereocenters. The van der Waals surface area contributed by atoms with Gasteiger partial charge in [-0.2, -0.15) is 0 Å². The second-order valence-corrected chi connectivity index (χ2v) is 6.14. The molecule has 2 aromatic carbocycles. The standard InChI is InChI=1S/C20H23NO3/c1-23-20(22)18-7-5-6-16(12-18)13-21(14-17-10-11-24-15-17)19-8-3-2-4-9-19/h2-9,12,17H,10-11,13-15H2,1H3/t17-/m1/s1. The number of carbonyl (C=O) groups is 1. The molecule has 1 aliphatic heterocycles. The average molecular weight is 325 g/mol. The van der Waals surface area contributed by atoms with Crippen LogP contribution in [0.3, 0.4) is 0 Å². The van der Waals surface area contributed by atoms with Crippen molar-refractivity contribution in [2.45, 2.75) is 13.0 Å². The van der Waals surface area contributed by atoms with E-state index in [1.54, 1.807) is 6.07 Å². The van der Waals surface area contributed by atoms with Crippen LogP contribution in [0.1, 0.15) is 22.3 Å². The smallest absolute Gasteiger partial charge is 0.337 e. The van der Waals surface area contributed by atoms with Gasteiger partial charge in [-0.05, 0) is 36.2 Å². The lowest BCUT2D eigenvalue weighted by Crippen LogP contribution is -2.29. The van der Waals surface area contributed by atoms with Gasteiger partial charge in [0.25, 0.3) is 0 Å². The van der Waals surface area contributed by atoms with Gasteiger partial charge < -0.3 is 14.4 Å². The first-order valence-electron chi connectivity index (χ1n) is 8.31. The SMILES string of the molecule is COC(=O)c1cccc(CN(C[C@H]2CCOC2)c2ccccc2)c1. The fourth-order valence-corrected chi connectivity index (χ4v) is 3.07. The molecule has 0 spiro atoms. The van der Waals surface area contributed by atoms with E-state index in [1.165, 1.54) is 12.8 Å². The van der Waals surface area contributed by atoms with Crippen LogP contribution in [-0.2, 0) is 16.0 Å². The number of hydrogen-bond donors (Lipinski definition) is 0. The number of para-hydroxylation sites is 1. The highest BCUT2D eigenvalue weighted by Crippen LogP contribution is 2.22. The quantitative estimate of drug-likeness (QED) is 0.762. The zero-order valence-electron chi connectivity index (χ0n) is 14.0. The monoisotopic (exact) mass is 325 g/mol. The number of nitrogens with zero attached hydrogens (tertiary/aromatic N) is 1. The molecule has 3 rings (SSSR count). The Morgan fingerprint density at radius 1 is 1.21 bits per heavy atom. The van der Waals surface area contributed by atoms with Crippen LogP contribution in [0.2, 0.25) is 0 Å². The first-order chi connectivity index (χ1) is 11.8. The van der Waals surface area contributed by atoms with Crippen molar-refractivity contribution in [3.8, 4) is 0 Å². The maximum absolute atomic E-state index is 11.7. The Morgan fingerprint density at radius 2 is 2.04 bits per heavy atom. The number of ether oxygens (including phenoxy) is 2. The lowest BCUT2D eigenvalue weighted by molar-refractivity contribution is 0.0600. The Morgan fingerprint density at radius 3 is 2.75 bits per heavy atom. The third-order valence-electron chi connectivity index (χ3n) is 4.35. The summed E-state index contributed by atoms with van der Waals surface area (Å²) in [5, 5.41) is 0. The molecule has 0 amide bonds. The topological polar surface area (TPSA) is 38.8 Å². The molecule has 1 atom stereocenters. The number of carbonyl (C=O) groups excluding carboxylic acids is 1. The highest BCUT2D eigenvalue weighted by Gasteiger charge is 2.20.